The third-order valence-electron chi connectivity index (χ3n) is 17.7. The maximum Gasteiger partial charge on any atom is 0.267 e. The summed E-state index contributed by atoms with van der Waals surface area (Å²) in [5, 5.41) is 7.17. The summed E-state index contributed by atoms with van der Waals surface area (Å²) in [6.07, 6.45) is 8.53. The first-order valence-corrected chi connectivity index (χ1v) is 29.4. The fourth-order valence-corrected chi connectivity index (χ4v) is 12.7. The monoisotopic (exact) mass is 1110 g/mol. The van der Waals surface area contributed by atoms with E-state index < -0.39 is 91.5 Å². The predicted octanol–water partition coefficient (Wildman–Crippen LogP) is 10.6. The zero-order valence-corrected chi connectivity index (χ0v) is 47.2. The molecular formula is C64H82F4N6O6. The zero-order chi connectivity index (χ0) is 57.1. The van der Waals surface area contributed by atoms with Gasteiger partial charge in [0.05, 0.1) is 31.2 Å². The highest BCUT2D eigenvalue weighted by Crippen LogP contribution is 2.40. The van der Waals surface area contributed by atoms with E-state index in [1.165, 1.54) is 14.7 Å². The van der Waals surface area contributed by atoms with Crippen LogP contribution in [0.2, 0.25) is 0 Å². The minimum atomic E-state index is -3.22. The van der Waals surface area contributed by atoms with Crippen molar-refractivity contribution in [3.63, 3.8) is 0 Å². The van der Waals surface area contributed by atoms with Crippen molar-refractivity contribution >= 4 is 46.1 Å². The number of ketones is 1. The van der Waals surface area contributed by atoms with Gasteiger partial charge in [-0.25, -0.2) is 17.6 Å². The number of hydrogen-bond acceptors (Lipinski definition) is 7. The molecule has 4 aromatic carbocycles. The number of Topliss-reactive ketones (excluding diaryl/α,β-unsaturated/α-hetero) is 1. The third-order valence-corrected chi connectivity index (χ3v) is 17.7. The van der Waals surface area contributed by atoms with Crippen LogP contribution in [-0.4, -0.2) is 137 Å². The third kappa shape index (κ3) is 15.2. The van der Waals surface area contributed by atoms with Gasteiger partial charge in [0.1, 0.15) is 11.8 Å². The van der Waals surface area contributed by atoms with Crippen LogP contribution >= 0.6 is 0 Å². The molecule has 0 unspecified atom stereocenters. The number of benzene rings is 4. The molecule has 80 heavy (non-hydrogen) atoms. The van der Waals surface area contributed by atoms with Crippen LogP contribution in [0.3, 0.4) is 0 Å². The van der Waals surface area contributed by atoms with Crippen LogP contribution in [0.1, 0.15) is 143 Å². The molecule has 0 spiro atoms. The second-order valence-electron chi connectivity index (χ2n) is 23.5. The van der Waals surface area contributed by atoms with E-state index in [2.05, 4.69) is 10.6 Å². The van der Waals surface area contributed by atoms with Gasteiger partial charge in [0.2, 0.25) is 17.7 Å². The second kappa shape index (κ2) is 27.1. The Kier molecular flexibility index (Phi) is 20.3. The zero-order valence-electron chi connectivity index (χ0n) is 47.2. The molecule has 432 valence electrons. The SMILES string of the molecule is CC[C@@H](C)C(=O)N[C@H](C(=O)N1CC(F)(F)C[C@H]1CN(CCc1ccccc1)C(=O)c1ccc2cc(C(=O)N(CCc3ccccc3)C[C@@H]3CC(F)(F)CN3C(=O)[C@@H](CC(=O)[C@H](C)NC)C3CCCCC3)ccc2c1)C1CCCCC1. The second-order valence-corrected chi connectivity index (χ2v) is 23.5. The Morgan fingerprint density at radius 2 is 1.06 bits per heavy atom. The molecule has 4 fully saturated rings. The molecule has 6 atom stereocenters. The van der Waals surface area contributed by atoms with Crippen molar-refractivity contribution < 1.29 is 46.3 Å². The summed E-state index contributed by atoms with van der Waals surface area (Å²) >= 11 is 0. The van der Waals surface area contributed by atoms with E-state index in [0.717, 1.165) is 62.5 Å². The molecule has 4 aliphatic rings. The molecule has 2 heterocycles. The van der Waals surface area contributed by atoms with Crippen molar-refractivity contribution in [1.29, 1.82) is 0 Å². The number of fused-ring (bicyclic) bond motifs is 1. The first-order valence-electron chi connectivity index (χ1n) is 29.4. The van der Waals surface area contributed by atoms with Gasteiger partial charge in [-0.1, -0.05) is 125 Å². The highest BCUT2D eigenvalue weighted by molar-refractivity contribution is 6.02. The number of likely N-dealkylation sites (tertiary alicyclic amines) is 2. The minimum absolute atomic E-state index is 0.0481. The van der Waals surface area contributed by atoms with E-state index >= 15 is 17.6 Å². The van der Waals surface area contributed by atoms with Crippen molar-refractivity contribution in [3.8, 4) is 0 Å². The first-order chi connectivity index (χ1) is 38.3. The van der Waals surface area contributed by atoms with Gasteiger partial charge in [0.25, 0.3) is 23.7 Å². The van der Waals surface area contributed by atoms with E-state index in [1.807, 2.05) is 67.6 Å². The molecular weight excluding hydrogens is 1020 g/mol. The lowest BCUT2D eigenvalue weighted by atomic mass is 9.76. The number of carbonyl (C=O) groups is 6. The van der Waals surface area contributed by atoms with Gasteiger partial charge in [0, 0.05) is 68.4 Å². The molecule has 8 rings (SSSR count). The Bertz CT molecular complexity index is 2590. The molecule has 2 N–H and O–H groups in total. The van der Waals surface area contributed by atoms with Gasteiger partial charge < -0.3 is 30.2 Å². The normalized spacial score (nSPS) is 20.9. The van der Waals surface area contributed by atoms with Crippen molar-refractivity contribution in [2.75, 3.05) is 46.3 Å². The van der Waals surface area contributed by atoms with E-state index in [4.69, 9.17) is 0 Å². The Balaban J connectivity index is 1.05. The fourth-order valence-electron chi connectivity index (χ4n) is 12.7. The summed E-state index contributed by atoms with van der Waals surface area (Å²) in [6.45, 7) is 3.81. The average molecular weight is 1110 g/mol. The summed E-state index contributed by atoms with van der Waals surface area (Å²) in [4.78, 5) is 91.3. The van der Waals surface area contributed by atoms with Crippen molar-refractivity contribution in [2.24, 2.45) is 23.7 Å². The van der Waals surface area contributed by atoms with Crippen molar-refractivity contribution in [1.82, 2.24) is 30.2 Å². The predicted molar refractivity (Wildman–Crippen MR) is 302 cm³/mol. The molecule has 0 bridgehead atoms. The van der Waals surface area contributed by atoms with Crippen molar-refractivity contribution in [2.45, 2.75) is 160 Å². The Morgan fingerprint density at radius 3 is 1.51 bits per heavy atom. The topological polar surface area (TPSA) is 139 Å². The van der Waals surface area contributed by atoms with Crippen LogP contribution in [0.25, 0.3) is 10.8 Å². The summed E-state index contributed by atoms with van der Waals surface area (Å²) in [5.74, 6) is -10.1. The number of alkyl halides is 4. The number of carbonyl (C=O) groups excluding carboxylic acids is 6. The number of halogens is 4. The Morgan fingerprint density at radius 1 is 0.613 bits per heavy atom. The summed E-state index contributed by atoms with van der Waals surface area (Å²) in [6, 6.07) is 25.6. The van der Waals surface area contributed by atoms with Gasteiger partial charge in [-0.3, -0.25) is 28.8 Å². The molecule has 12 nitrogen and oxygen atoms in total. The lowest BCUT2D eigenvalue weighted by Crippen LogP contribution is -2.56. The maximum absolute atomic E-state index is 15.7. The molecule has 0 aromatic heterocycles. The van der Waals surface area contributed by atoms with E-state index in [1.54, 1.807) is 62.2 Å². The van der Waals surface area contributed by atoms with Crippen LogP contribution in [0.4, 0.5) is 17.6 Å². The van der Waals surface area contributed by atoms with Gasteiger partial charge >= 0.3 is 0 Å². The number of likely N-dealkylation sites (N-methyl/N-ethyl adjacent to an activating group) is 1. The number of hydrogen-bond donors (Lipinski definition) is 2. The van der Waals surface area contributed by atoms with E-state index in [0.29, 0.717) is 42.9 Å². The number of amides is 5. The van der Waals surface area contributed by atoms with Gasteiger partial charge in [-0.2, -0.15) is 0 Å². The minimum Gasteiger partial charge on any atom is -0.344 e. The van der Waals surface area contributed by atoms with Gasteiger partial charge in [-0.15, -0.1) is 0 Å². The summed E-state index contributed by atoms with van der Waals surface area (Å²) in [5.41, 5.74) is 2.43. The fraction of sp³-hybridized carbons (Fsp3) is 0.562. The van der Waals surface area contributed by atoms with Gasteiger partial charge in [-0.05, 0) is 117 Å². The largest absolute Gasteiger partial charge is 0.344 e. The van der Waals surface area contributed by atoms with Crippen LogP contribution in [0.5, 0.6) is 0 Å². The van der Waals surface area contributed by atoms with Crippen LogP contribution in [-0.2, 0) is 32.0 Å². The molecule has 4 aromatic rings. The quantitative estimate of drug-likeness (QED) is 0.0705. The highest BCUT2D eigenvalue weighted by Gasteiger charge is 2.52. The van der Waals surface area contributed by atoms with E-state index in [-0.39, 0.29) is 73.2 Å². The highest BCUT2D eigenvalue weighted by atomic mass is 19.3. The number of nitrogens with one attached hydrogen (secondary N) is 2. The molecule has 16 heteroatoms. The smallest absolute Gasteiger partial charge is 0.267 e. The number of rotatable bonds is 23. The maximum atomic E-state index is 15.7. The molecule has 2 saturated carbocycles. The summed E-state index contributed by atoms with van der Waals surface area (Å²) in [7, 11) is 1.67. The summed E-state index contributed by atoms with van der Waals surface area (Å²) < 4.78 is 62.8. The Hall–Kier alpha value is -6.16. The van der Waals surface area contributed by atoms with Crippen LogP contribution in [0, 0.1) is 23.7 Å². The molecule has 5 amide bonds. The van der Waals surface area contributed by atoms with Crippen LogP contribution in [0.15, 0.2) is 97.1 Å². The lowest BCUT2D eigenvalue weighted by molar-refractivity contribution is -0.143. The Labute approximate surface area is 469 Å². The van der Waals surface area contributed by atoms with Gasteiger partial charge in [0.15, 0.2) is 0 Å². The van der Waals surface area contributed by atoms with Crippen LogP contribution < -0.4 is 10.6 Å². The molecule has 2 aliphatic heterocycles. The lowest BCUT2D eigenvalue weighted by Gasteiger charge is -2.36. The molecule has 2 aliphatic carbocycles. The van der Waals surface area contributed by atoms with Crippen molar-refractivity contribution in [3.05, 3.63) is 119 Å². The molecule has 2 saturated heterocycles. The standard InChI is InChI=1S/C64H82F4N6O6/c1-5-43(2)58(76)70-57(48-24-16-9-17-25-48)62(80)74-42-64(67,68)38-54(74)40-72(33-31-46-20-12-7-13-21-46)60(78)52-29-27-49-34-51(28-26-50(49)35-52)59(77)71(32-30-45-18-10-6-11-19-45)39-53-37-63(65,66)41-73(53)61(79)55(36-56(75)44(3)69-4)47-22-14-8-15-23-47/h6-7,10-13,18-21,26-29,34-35,43-44,47-48,53-55,57,69H,5,8-9,14-17,22-25,30-33,36-42H2,1-4H3,(H,70,76)/t43-,44+,53+,54+,55+,57+/m1/s1. The van der Waals surface area contributed by atoms with E-state index in [9.17, 15) is 28.8 Å². The average Bonchev–Trinajstić information content (AvgIpc) is 3.97. The number of nitrogens with zero attached hydrogens (tertiary/aromatic N) is 4. The first kappa shape index (κ1) is 59.9. The molecule has 0 radical (unpaired) electrons.